The quantitative estimate of drug-likeness (QED) is 0.681. The average molecular weight is 427 g/mol. The van der Waals surface area contributed by atoms with E-state index in [1.165, 1.54) is 12.1 Å². The molecule has 1 heterocycles. The number of hydrogen-bond donors (Lipinski definition) is 1. The number of nitrogens with one attached hydrogen (secondary N) is 1. The fraction of sp³-hybridized carbons (Fsp3) is 0.619. The van der Waals surface area contributed by atoms with E-state index < -0.39 is 17.8 Å². The lowest BCUT2D eigenvalue weighted by molar-refractivity contribution is -0.129. The van der Waals surface area contributed by atoms with Gasteiger partial charge >= 0.3 is 0 Å². The van der Waals surface area contributed by atoms with Gasteiger partial charge < -0.3 is 10.2 Å². The SMILES string of the molecule is CC1([C@H](NC(=O)[C@H]2CC(=O)N(C3CC3)C2)c2c(F)ccc(Cl)c2Cl)CCCC1. The molecular weight excluding hydrogens is 402 g/mol. The van der Waals surface area contributed by atoms with Gasteiger partial charge in [0.15, 0.2) is 0 Å². The van der Waals surface area contributed by atoms with Gasteiger partial charge in [0.25, 0.3) is 0 Å². The van der Waals surface area contributed by atoms with Gasteiger partial charge in [0.1, 0.15) is 5.82 Å². The average Bonchev–Trinajstić information content (AvgIpc) is 3.28. The molecule has 1 N–H and O–H groups in total. The van der Waals surface area contributed by atoms with Crippen molar-refractivity contribution in [1.82, 2.24) is 10.2 Å². The number of carbonyl (C=O) groups is 2. The fourth-order valence-electron chi connectivity index (χ4n) is 4.78. The molecule has 28 heavy (non-hydrogen) atoms. The molecule has 3 fully saturated rings. The zero-order valence-corrected chi connectivity index (χ0v) is 17.5. The lowest BCUT2D eigenvalue weighted by atomic mass is 9.76. The summed E-state index contributed by atoms with van der Waals surface area (Å²) in [5.41, 5.74) is -0.0424. The van der Waals surface area contributed by atoms with Crippen LogP contribution in [0.1, 0.15) is 63.5 Å². The zero-order chi connectivity index (χ0) is 20.1. The monoisotopic (exact) mass is 426 g/mol. The summed E-state index contributed by atoms with van der Waals surface area (Å²) in [6.07, 6.45) is 6.06. The second-order valence-electron chi connectivity index (χ2n) is 8.74. The van der Waals surface area contributed by atoms with Gasteiger partial charge in [-0.05, 0) is 43.2 Å². The Labute approximate surface area is 174 Å². The Balaban J connectivity index is 1.61. The number of carbonyl (C=O) groups excluding carboxylic acids is 2. The summed E-state index contributed by atoms with van der Waals surface area (Å²) < 4.78 is 14.8. The van der Waals surface area contributed by atoms with Crippen molar-refractivity contribution in [3.05, 3.63) is 33.6 Å². The fourth-order valence-corrected chi connectivity index (χ4v) is 5.21. The molecule has 0 bridgehead atoms. The molecule has 2 atom stereocenters. The topological polar surface area (TPSA) is 49.4 Å². The molecule has 1 aromatic rings. The van der Waals surface area contributed by atoms with Crippen LogP contribution in [0.25, 0.3) is 0 Å². The predicted octanol–water partition coefficient (Wildman–Crippen LogP) is 4.88. The van der Waals surface area contributed by atoms with Gasteiger partial charge in [-0.25, -0.2) is 4.39 Å². The van der Waals surface area contributed by atoms with E-state index in [0.717, 1.165) is 38.5 Å². The van der Waals surface area contributed by atoms with Crippen LogP contribution in [-0.4, -0.2) is 29.3 Å². The highest BCUT2D eigenvalue weighted by molar-refractivity contribution is 6.42. The highest BCUT2D eigenvalue weighted by Crippen LogP contribution is 2.50. The minimum atomic E-state index is -0.571. The maximum absolute atomic E-state index is 14.8. The Morgan fingerprint density at radius 3 is 2.61 bits per heavy atom. The van der Waals surface area contributed by atoms with Crippen LogP contribution in [0.5, 0.6) is 0 Å². The van der Waals surface area contributed by atoms with Crippen molar-refractivity contribution < 1.29 is 14.0 Å². The van der Waals surface area contributed by atoms with Gasteiger partial charge in [0.2, 0.25) is 11.8 Å². The summed E-state index contributed by atoms with van der Waals surface area (Å²) in [6.45, 7) is 2.52. The third kappa shape index (κ3) is 3.63. The minimum Gasteiger partial charge on any atom is -0.348 e. The third-order valence-electron chi connectivity index (χ3n) is 6.61. The molecule has 1 saturated heterocycles. The first kappa shape index (κ1) is 20.0. The number of amides is 2. The van der Waals surface area contributed by atoms with E-state index in [0.29, 0.717) is 12.6 Å². The van der Waals surface area contributed by atoms with E-state index in [9.17, 15) is 14.0 Å². The number of halogens is 3. The van der Waals surface area contributed by atoms with E-state index in [1.54, 1.807) is 0 Å². The van der Waals surface area contributed by atoms with Crippen LogP contribution in [0.15, 0.2) is 12.1 Å². The van der Waals surface area contributed by atoms with Gasteiger partial charge in [-0.1, -0.05) is 43.0 Å². The standard InChI is InChI=1S/C21H25Cl2FN2O2/c1-21(8-2-3-9-21)19(17-15(24)7-6-14(22)18(17)23)25-20(28)12-10-16(27)26(11-12)13-4-5-13/h6-7,12-13,19H,2-5,8-11H2,1H3,(H,25,28)/t12-,19+/m0/s1. The summed E-state index contributed by atoms with van der Waals surface area (Å²) in [5, 5.41) is 3.49. The Morgan fingerprint density at radius 1 is 1.29 bits per heavy atom. The van der Waals surface area contributed by atoms with Crippen LogP contribution in [0, 0.1) is 17.2 Å². The maximum atomic E-state index is 14.8. The van der Waals surface area contributed by atoms with Crippen LogP contribution in [0.3, 0.4) is 0 Å². The lowest BCUT2D eigenvalue weighted by Gasteiger charge is -2.36. The van der Waals surface area contributed by atoms with Gasteiger partial charge in [-0.15, -0.1) is 0 Å². The summed E-state index contributed by atoms with van der Waals surface area (Å²) in [6, 6.07) is 2.46. The third-order valence-corrected chi connectivity index (χ3v) is 7.43. The van der Waals surface area contributed by atoms with Crippen molar-refractivity contribution >= 4 is 35.0 Å². The van der Waals surface area contributed by atoms with Crippen molar-refractivity contribution in [1.29, 1.82) is 0 Å². The molecule has 152 valence electrons. The van der Waals surface area contributed by atoms with Crippen molar-refractivity contribution in [2.45, 2.75) is 64.0 Å². The van der Waals surface area contributed by atoms with Crippen LogP contribution in [-0.2, 0) is 9.59 Å². The first-order valence-electron chi connectivity index (χ1n) is 10.0. The molecule has 0 aromatic heterocycles. The van der Waals surface area contributed by atoms with E-state index in [2.05, 4.69) is 12.2 Å². The van der Waals surface area contributed by atoms with Gasteiger partial charge in [0, 0.05) is 24.6 Å². The largest absolute Gasteiger partial charge is 0.348 e. The Morgan fingerprint density at radius 2 is 1.96 bits per heavy atom. The second-order valence-corrected chi connectivity index (χ2v) is 9.52. The highest BCUT2D eigenvalue weighted by atomic mass is 35.5. The molecular formula is C21H25Cl2FN2O2. The molecule has 1 aromatic carbocycles. The summed E-state index contributed by atoms with van der Waals surface area (Å²) in [4.78, 5) is 27.1. The highest BCUT2D eigenvalue weighted by Gasteiger charge is 2.45. The molecule has 0 radical (unpaired) electrons. The molecule has 0 unspecified atom stereocenters. The van der Waals surface area contributed by atoms with E-state index in [1.807, 2.05) is 4.90 Å². The molecule has 1 aliphatic heterocycles. The normalized spacial score (nSPS) is 25.2. The summed E-state index contributed by atoms with van der Waals surface area (Å²) in [7, 11) is 0. The maximum Gasteiger partial charge on any atom is 0.225 e. The van der Waals surface area contributed by atoms with E-state index in [-0.39, 0.29) is 39.3 Å². The molecule has 7 heteroatoms. The number of nitrogens with zero attached hydrogens (tertiary/aromatic N) is 1. The number of benzene rings is 1. The predicted molar refractivity (Wildman–Crippen MR) is 107 cm³/mol. The van der Waals surface area contributed by atoms with Crippen molar-refractivity contribution in [2.24, 2.45) is 11.3 Å². The molecule has 2 saturated carbocycles. The van der Waals surface area contributed by atoms with Crippen molar-refractivity contribution in [3.8, 4) is 0 Å². The minimum absolute atomic E-state index is 0.0400. The lowest BCUT2D eigenvalue weighted by Crippen LogP contribution is -2.42. The molecule has 4 rings (SSSR count). The van der Waals surface area contributed by atoms with Crippen LogP contribution in [0.2, 0.25) is 10.0 Å². The van der Waals surface area contributed by atoms with Gasteiger partial charge in [-0.3, -0.25) is 9.59 Å². The van der Waals surface area contributed by atoms with Crippen LogP contribution < -0.4 is 5.32 Å². The number of hydrogen-bond acceptors (Lipinski definition) is 2. The van der Waals surface area contributed by atoms with E-state index >= 15 is 0 Å². The smallest absolute Gasteiger partial charge is 0.225 e. The molecule has 4 nitrogen and oxygen atoms in total. The van der Waals surface area contributed by atoms with Gasteiger partial charge in [-0.2, -0.15) is 0 Å². The first-order chi connectivity index (χ1) is 13.3. The van der Waals surface area contributed by atoms with Crippen molar-refractivity contribution in [2.75, 3.05) is 6.54 Å². The zero-order valence-electron chi connectivity index (χ0n) is 15.9. The van der Waals surface area contributed by atoms with E-state index in [4.69, 9.17) is 23.2 Å². The Kier molecular flexibility index (Phi) is 5.34. The molecule has 2 amide bonds. The number of likely N-dealkylation sites (tertiary alicyclic amines) is 1. The summed E-state index contributed by atoms with van der Waals surface area (Å²) in [5.74, 6) is -1.03. The van der Waals surface area contributed by atoms with Crippen LogP contribution in [0.4, 0.5) is 4.39 Å². The molecule has 2 aliphatic carbocycles. The molecule has 0 spiro atoms. The number of rotatable bonds is 5. The van der Waals surface area contributed by atoms with Gasteiger partial charge in [0.05, 0.1) is 22.0 Å². The first-order valence-corrected chi connectivity index (χ1v) is 10.8. The van der Waals surface area contributed by atoms with Crippen LogP contribution >= 0.6 is 23.2 Å². The van der Waals surface area contributed by atoms with Crippen molar-refractivity contribution in [3.63, 3.8) is 0 Å². The molecule has 3 aliphatic rings. The summed E-state index contributed by atoms with van der Waals surface area (Å²) >= 11 is 12.6. The second kappa shape index (κ2) is 7.49. The Bertz CT molecular complexity index is 806. The Hall–Kier alpha value is -1.33.